The molecule has 0 saturated heterocycles. The van der Waals surface area contributed by atoms with E-state index in [4.69, 9.17) is 0 Å². The van der Waals surface area contributed by atoms with Crippen LogP contribution >= 0.6 is 0 Å². The third-order valence-electron chi connectivity index (χ3n) is 6.09. The topological polar surface area (TPSA) is 121 Å². The van der Waals surface area contributed by atoms with Gasteiger partial charge < -0.3 is 14.0 Å². The van der Waals surface area contributed by atoms with Crippen molar-refractivity contribution >= 4 is 25.9 Å². The van der Waals surface area contributed by atoms with Gasteiger partial charge in [-0.3, -0.25) is 0 Å². The molecule has 0 unspecified atom stereocenters. The molecule has 3 rings (SSSR count). The van der Waals surface area contributed by atoms with E-state index in [9.17, 15) is 25.9 Å². The van der Waals surface area contributed by atoms with Crippen molar-refractivity contribution in [1.82, 2.24) is 4.90 Å². The van der Waals surface area contributed by atoms with Crippen LogP contribution in [-0.2, 0) is 20.2 Å². The summed E-state index contributed by atoms with van der Waals surface area (Å²) in [7, 11) is -8.82. The Hall–Kier alpha value is -2.27. The Labute approximate surface area is 202 Å². The highest BCUT2D eigenvalue weighted by atomic mass is 32.2. The molecule has 0 N–H and O–H groups in total. The van der Waals surface area contributed by atoms with Gasteiger partial charge in [0.2, 0.25) is 5.88 Å². The quantitative estimate of drug-likeness (QED) is 0.383. The van der Waals surface area contributed by atoms with Gasteiger partial charge in [-0.05, 0) is 56.4 Å². The van der Waals surface area contributed by atoms with Crippen molar-refractivity contribution in [2.24, 2.45) is 10.8 Å². The fourth-order valence-corrected chi connectivity index (χ4v) is 5.46. The van der Waals surface area contributed by atoms with E-state index in [0.29, 0.717) is 0 Å². The summed E-state index contributed by atoms with van der Waals surface area (Å²) in [6.07, 6.45) is 19.3. The molecule has 3 aliphatic rings. The van der Waals surface area contributed by atoms with Crippen LogP contribution < -0.4 is 0 Å². The number of allylic oxidation sites excluding steroid dienone is 9. The zero-order chi connectivity index (χ0) is 25.4. The summed E-state index contributed by atoms with van der Waals surface area (Å²) in [5.74, 6) is -1.21. The minimum absolute atomic E-state index is 0.397. The molecule has 2 heterocycles. The molecule has 0 fully saturated rings. The van der Waals surface area contributed by atoms with Crippen LogP contribution in [0, 0.1) is 10.8 Å². The van der Waals surface area contributed by atoms with Gasteiger partial charge in [-0.15, -0.1) is 0 Å². The molecule has 0 aromatic heterocycles. The second kappa shape index (κ2) is 9.41. The normalized spacial score (nSPS) is 24.8. The molecule has 34 heavy (non-hydrogen) atoms. The molecule has 186 valence electrons. The highest BCUT2D eigenvalue weighted by Crippen LogP contribution is 2.37. The lowest BCUT2D eigenvalue weighted by Crippen LogP contribution is -2.26. The maximum atomic E-state index is 11.3. The van der Waals surface area contributed by atoms with Crippen molar-refractivity contribution in [1.29, 1.82) is 0 Å². The SMILES string of the molecule is CC1(C)C=C[N+](CS(=O)(=O)[O-])=C1/C=C/C1=CC(=C/C=C2\N(CS(=O)(=O)[O-])C=CC2(C)C)/CCC1. The average molecular weight is 508 g/mol. The largest absolute Gasteiger partial charge is 0.747 e. The molecule has 1 aliphatic carbocycles. The second-order valence-corrected chi connectivity index (χ2v) is 12.7. The molecule has 8 nitrogen and oxygen atoms in total. The summed E-state index contributed by atoms with van der Waals surface area (Å²) >= 11 is 0. The Morgan fingerprint density at radius 1 is 0.971 bits per heavy atom. The molecule has 2 aliphatic heterocycles. The molecule has 0 aromatic carbocycles. The van der Waals surface area contributed by atoms with E-state index in [-0.39, 0.29) is 0 Å². The molecule has 0 amide bonds. The Morgan fingerprint density at radius 3 is 2.32 bits per heavy atom. The molecule has 0 radical (unpaired) electrons. The predicted molar refractivity (Wildman–Crippen MR) is 129 cm³/mol. The van der Waals surface area contributed by atoms with Crippen molar-refractivity contribution in [3.05, 3.63) is 71.8 Å². The molecule has 10 heteroatoms. The van der Waals surface area contributed by atoms with Crippen LogP contribution in [0.25, 0.3) is 0 Å². The fraction of sp³-hybridized carbons (Fsp3) is 0.458. The number of nitrogens with zero attached hydrogens (tertiary/aromatic N) is 2. The van der Waals surface area contributed by atoms with Crippen LogP contribution in [0.2, 0.25) is 0 Å². The van der Waals surface area contributed by atoms with E-state index in [1.165, 1.54) is 9.48 Å². The smallest absolute Gasteiger partial charge is 0.236 e. The lowest BCUT2D eigenvalue weighted by Gasteiger charge is -2.27. The van der Waals surface area contributed by atoms with Crippen LogP contribution in [0.4, 0.5) is 0 Å². The Bertz CT molecular complexity index is 1270. The summed E-state index contributed by atoms with van der Waals surface area (Å²) in [5.41, 5.74) is 2.81. The molecule has 0 bridgehead atoms. The zero-order valence-corrected chi connectivity index (χ0v) is 21.5. The van der Waals surface area contributed by atoms with Gasteiger partial charge in [0.15, 0.2) is 22.0 Å². The highest BCUT2D eigenvalue weighted by molar-refractivity contribution is 7.85. The first-order chi connectivity index (χ1) is 15.6. The molecular formula is C24H31N2O6S2-. The lowest BCUT2D eigenvalue weighted by molar-refractivity contribution is -0.433. The summed E-state index contributed by atoms with van der Waals surface area (Å²) in [4.78, 5) is 1.47. The van der Waals surface area contributed by atoms with E-state index in [1.54, 1.807) is 12.4 Å². The third kappa shape index (κ3) is 6.88. The first-order valence-electron chi connectivity index (χ1n) is 11.0. The average Bonchev–Trinajstić information content (AvgIpc) is 3.11. The fourth-order valence-electron chi connectivity index (χ4n) is 4.33. The van der Waals surface area contributed by atoms with Gasteiger partial charge in [0.05, 0.1) is 5.41 Å². The van der Waals surface area contributed by atoms with Crippen molar-refractivity contribution in [2.75, 3.05) is 11.8 Å². The monoisotopic (exact) mass is 507 g/mol. The van der Waals surface area contributed by atoms with Crippen LogP contribution in [0.5, 0.6) is 0 Å². The zero-order valence-electron chi connectivity index (χ0n) is 19.9. The van der Waals surface area contributed by atoms with Gasteiger partial charge >= 0.3 is 0 Å². The van der Waals surface area contributed by atoms with Crippen molar-refractivity contribution in [2.45, 2.75) is 47.0 Å². The Kier molecular flexibility index (Phi) is 7.29. The van der Waals surface area contributed by atoms with E-state index in [0.717, 1.165) is 41.8 Å². The third-order valence-corrected chi connectivity index (χ3v) is 7.28. The van der Waals surface area contributed by atoms with Crippen LogP contribution in [-0.4, -0.2) is 52.9 Å². The van der Waals surface area contributed by atoms with E-state index in [1.807, 2.05) is 64.2 Å². The maximum absolute atomic E-state index is 11.3. The van der Waals surface area contributed by atoms with Crippen LogP contribution in [0.3, 0.4) is 0 Å². The minimum atomic E-state index is -4.41. The summed E-state index contributed by atoms with van der Waals surface area (Å²) < 4.78 is 69.1. The van der Waals surface area contributed by atoms with Crippen molar-refractivity contribution in [3.63, 3.8) is 0 Å². The maximum Gasteiger partial charge on any atom is 0.236 e. The summed E-state index contributed by atoms with van der Waals surface area (Å²) in [6, 6.07) is 0. The van der Waals surface area contributed by atoms with Crippen molar-refractivity contribution in [3.8, 4) is 0 Å². The predicted octanol–water partition coefficient (Wildman–Crippen LogP) is 3.33. The van der Waals surface area contributed by atoms with Crippen molar-refractivity contribution < 1.29 is 30.5 Å². The minimum Gasteiger partial charge on any atom is -0.747 e. The standard InChI is InChI=1S/C24H32N2O6S2/c1-23(2)12-14-25(17-33(27,28)29)21(23)10-8-19-6-5-7-20(16-19)9-11-22-24(3,4)13-15-26(22)18-34(30,31)32/h8-16H,5-7,17-18H2,1-4H3,(H-,27,28,29,30,31,32)/p-1. The van der Waals surface area contributed by atoms with E-state index < -0.39 is 42.8 Å². The molecule has 0 atom stereocenters. The number of rotatable bonds is 7. The van der Waals surface area contributed by atoms with E-state index in [2.05, 4.69) is 6.08 Å². The van der Waals surface area contributed by atoms with Gasteiger partial charge in [0, 0.05) is 23.4 Å². The van der Waals surface area contributed by atoms with Crippen LogP contribution in [0.15, 0.2) is 71.8 Å². The lowest BCUT2D eigenvalue weighted by atomic mass is 9.87. The Morgan fingerprint density at radius 2 is 1.68 bits per heavy atom. The van der Waals surface area contributed by atoms with E-state index >= 15 is 0 Å². The highest BCUT2D eigenvalue weighted by Gasteiger charge is 2.34. The number of hydrogen-bond donors (Lipinski definition) is 0. The van der Waals surface area contributed by atoms with Gasteiger partial charge in [0.25, 0.3) is 0 Å². The second-order valence-electron chi connectivity index (χ2n) is 9.97. The first kappa shape index (κ1) is 26.3. The van der Waals surface area contributed by atoms with Gasteiger partial charge in [-0.25, -0.2) is 16.8 Å². The summed E-state index contributed by atoms with van der Waals surface area (Å²) in [5, 5.41) is 0. The van der Waals surface area contributed by atoms with Gasteiger partial charge in [0.1, 0.15) is 16.0 Å². The van der Waals surface area contributed by atoms with Crippen LogP contribution in [0.1, 0.15) is 47.0 Å². The molecule has 0 aromatic rings. The molecule has 0 spiro atoms. The summed E-state index contributed by atoms with van der Waals surface area (Å²) in [6.45, 7) is 7.83. The van der Waals surface area contributed by atoms with Gasteiger partial charge in [-0.1, -0.05) is 38.2 Å². The molecular weight excluding hydrogens is 476 g/mol. The molecule has 0 saturated carbocycles. The first-order valence-corrected chi connectivity index (χ1v) is 14.2. The van der Waals surface area contributed by atoms with Gasteiger partial charge in [-0.2, -0.15) is 4.58 Å². The Balaban J connectivity index is 1.86. The number of hydrogen-bond acceptors (Lipinski definition) is 7.